The maximum absolute atomic E-state index is 5.19. The Hall–Kier alpha value is -1.58. The van der Waals surface area contributed by atoms with E-state index < -0.39 is 0 Å². The molecular weight excluding hydrogens is 156 g/mol. The number of hydrogen-bond acceptors (Lipinski definition) is 4. The van der Waals surface area contributed by atoms with E-state index in [9.17, 15) is 0 Å². The zero-order chi connectivity index (χ0) is 8.23. The Morgan fingerprint density at radius 1 is 1.42 bits per heavy atom. The predicted octanol–water partition coefficient (Wildman–Crippen LogP) is 0.871. The molecule has 0 fully saturated rings. The van der Waals surface area contributed by atoms with E-state index in [0.29, 0.717) is 24.9 Å². The molecular formula is C8H8N2O2. The van der Waals surface area contributed by atoms with Crippen molar-refractivity contribution in [1.29, 1.82) is 0 Å². The average molecular weight is 164 g/mol. The fourth-order valence-electron chi connectivity index (χ4n) is 0.916. The van der Waals surface area contributed by atoms with Gasteiger partial charge in [0.2, 0.25) is 0 Å². The Bertz CT molecular complexity index is 289. The molecule has 0 spiro atoms. The van der Waals surface area contributed by atoms with Gasteiger partial charge in [-0.2, -0.15) is 0 Å². The number of rotatable bonds is 1. The van der Waals surface area contributed by atoms with Gasteiger partial charge in [0.1, 0.15) is 0 Å². The lowest BCUT2D eigenvalue weighted by atomic mass is 10.4. The first-order valence-electron chi connectivity index (χ1n) is 3.66. The Labute approximate surface area is 69.9 Å². The van der Waals surface area contributed by atoms with Gasteiger partial charge in [0.05, 0.1) is 12.8 Å². The minimum atomic E-state index is 0.345. The second-order valence-electron chi connectivity index (χ2n) is 2.27. The Kier molecular flexibility index (Phi) is 1.90. The topological polar surface area (TPSA) is 43.2 Å². The summed E-state index contributed by atoms with van der Waals surface area (Å²) in [5.41, 5.74) is 0. The lowest BCUT2D eigenvalue weighted by molar-refractivity contribution is 0.226. The van der Waals surface area contributed by atoms with Crippen molar-refractivity contribution < 1.29 is 9.47 Å². The van der Waals surface area contributed by atoms with E-state index in [1.54, 1.807) is 18.6 Å². The van der Waals surface area contributed by atoms with Crippen molar-refractivity contribution in [1.82, 2.24) is 0 Å². The van der Waals surface area contributed by atoms with E-state index in [1.807, 2.05) is 6.08 Å². The molecule has 0 radical (unpaired) electrons. The highest BCUT2D eigenvalue weighted by Gasteiger charge is 2.11. The highest BCUT2D eigenvalue weighted by atomic mass is 16.5. The molecule has 4 heteroatoms. The Morgan fingerprint density at radius 3 is 3.08 bits per heavy atom. The van der Waals surface area contributed by atoms with Crippen LogP contribution in [0.1, 0.15) is 0 Å². The summed E-state index contributed by atoms with van der Waals surface area (Å²) in [4.78, 5) is 7.98. The van der Waals surface area contributed by atoms with Crippen LogP contribution in [0.25, 0.3) is 0 Å². The lowest BCUT2D eigenvalue weighted by Gasteiger charge is -2.13. The highest BCUT2D eigenvalue weighted by Crippen LogP contribution is 2.08. The Balaban J connectivity index is 2.13. The van der Waals surface area contributed by atoms with Crippen molar-refractivity contribution in [2.45, 2.75) is 0 Å². The van der Waals surface area contributed by atoms with Crippen LogP contribution in [0.2, 0.25) is 0 Å². The molecule has 0 aromatic carbocycles. The molecule has 0 saturated heterocycles. The third-order valence-electron chi connectivity index (χ3n) is 1.45. The summed E-state index contributed by atoms with van der Waals surface area (Å²) in [6.45, 7) is 0.991. The van der Waals surface area contributed by atoms with Gasteiger partial charge in [-0.3, -0.25) is 4.99 Å². The molecule has 2 aliphatic rings. The van der Waals surface area contributed by atoms with Crippen molar-refractivity contribution in [2.75, 3.05) is 13.3 Å². The summed E-state index contributed by atoms with van der Waals surface area (Å²) in [5.74, 6) is 1.18. The summed E-state index contributed by atoms with van der Waals surface area (Å²) in [6.07, 6.45) is 6.86. The first-order chi connectivity index (χ1) is 5.97. The third-order valence-corrected chi connectivity index (χ3v) is 1.45. The minimum absolute atomic E-state index is 0.345. The summed E-state index contributed by atoms with van der Waals surface area (Å²) >= 11 is 0. The van der Waals surface area contributed by atoms with E-state index >= 15 is 0 Å². The van der Waals surface area contributed by atoms with Crippen molar-refractivity contribution in [3.8, 4) is 0 Å². The van der Waals surface area contributed by atoms with Crippen LogP contribution in [0.5, 0.6) is 0 Å². The van der Waals surface area contributed by atoms with Gasteiger partial charge in [0.25, 0.3) is 5.90 Å². The van der Waals surface area contributed by atoms with Gasteiger partial charge >= 0.3 is 0 Å². The molecule has 2 heterocycles. The van der Waals surface area contributed by atoms with Gasteiger partial charge in [0.15, 0.2) is 12.5 Å². The van der Waals surface area contributed by atoms with Crippen molar-refractivity contribution in [3.63, 3.8) is 0 Å². The summed E-state index contributed by atoms with van der Waals surface area (Å²) < 4.78 is 10.3. The van der Waals surface area contributed by atoms with Gasteiger partial charge in [-0.25, -0.2) is 4.99 Å². The van der Waals surface area contributed by atoms with E-state index in [4.69, 9.17) is 9.47 Å². The fraction of sp³-hybridized carbons (Fsp3) is 0.250. The Morgan fingerprint density at radius 2 is 2.42 bits per heavy atom. The maximum Gasteiger partial charge on any atom is 0.257 e. The number of nitrogens with zero attached hydrogens (tertiary/aromatic N) is 2. The maximum atomic E-state index is 5.19. The zero-order valence-corrected chi connectivity index (χ0v) is 6.43. The molecule has 4 nitrogen and oxygen atoms in total. The largest absolute Gasteiger partial charge is 0.466 e. The van der Waals surface area contributed by atoms with Crippen LogP contribution in [-0.4, -0.2) is 25.4 Å². The van der Waals surface area contributed by atoms with Crippen LogP contribution in [0.3, 0.4) is 0 Å². The standard InChI is InChI=1S/C8H8N2O2/c1-3-10-8(11-5-1)7-2-4-9-6-12-7/h1-2,4-5H,3,6H2. The molecule has 2 rings (SSSR count). The van der Waals surface area contributed by atoms with Crippen molar-refractivity contribution >= 4 is 12.1 Å². The normalized spacial score (nSPS) is 20.7. The number of ether oxygens (including phenoxy) is 2. The van der Waals surface area contributed by atoms with Crippen LogP contribution in [0.4, 0.5) is 0 Å². The van der Waals surface area contributed by atoms with Gasteiger partial charge in [0, 0.05) is 12.3 Å². The third kappa shape index (κ3) is 1.37. The van der Waals surface area contributed by atoms with Crippen LogP contribution in [-0.2, 0) is 9.47 Å². The van der Waals surface area contributed by atoms with E-state index in [-0.39, 0.29) is 0 Å². The SMILES string of the molecule is C1=COC(C2=CC=NCO2)=NC1. The summed E-state index contributed by atoms with van der Waals surface area (Å²) in [6, 6.07) is 0. The fourth-order valence-corrected chi connectivity index (χ4v) is 0.916. The molecule has 2 aliphatic heterocycles. The second-order valence-corrected chi connectivity index (χ2v) is 2.27. The van der Waals surface area contributed by atoms with Crippen LogP contribution >= 0.6 is 0 Å². The summed E-state index contributed by atoms with van der Waals surface area (Å²) in [5, 5.41) is 0. The van der Waals surface area contributed by atoms with Crippen LogP contribution < -0.4 is 0 Å². The minimum Gasteiger partial charge on any atom is -0.466 e. The average Bonchev–Trinajstić information content (AvgIpc) is 2.21. The van der Waals surface area contributed by atoms with Crippen LogP contribution in [0.15, 0.2) is 34.2 Å². The number of aliphatic imine (C=N–C) groups is 2. The van der Waals surface area contributed by atoms with Gasteiger partial charge in [-0.15, -0.1) is 0 Å². The molecule has 0 atom stereocenters. The lowest BCUT2D eigenvalue weighted by Crippen LogP contribution is -2.13. The monoisotopic (exact) mass is 164 g/mol. The summed E-state index contributed by atoms with van der Waals surface area (Å²) in [7, 11) is 0. The predicted molar refractivity (Wildman–Crippen MR) is 45.1 cm³/mol. The van der Waals surface area contributed by atoms with Gasteiger partial charge in [-0.1, -0.05) is 0 Å². The second kappa shape index (κ2) is 3.21. The zero-order valence-electron chi connectivity index (χ0n) is 6.43. The van der Waals surface area contributed by atoms with Crippen molar-refractivity contribution in [3.05, 3.63) is 24.2 Å². The first kappa shape index (κ1) is 7.09. The first-order valence-corrected chi connectivity index (χ1v) is 3.66. The molecule has 0 amide bonds. The molecule has 0 bridgehead atoms. The van der Waals surface area contributed by atoms with E-state index in [1.165, 1.54) is 0 Å². The molecule has 0 saturated carbocycles. The van der Waals surface area contributed by atoms with Gasteiger partial charge in [-0.05, 0) is 6.08 Å². The number of allylic oxidation sites excluding steroid dienone is 1. The van der Waals surface area contributed by atoms with Crippen LogP contribution in [0, 0.1) is 0 Å². The molecule has 12 heavy (non-hydrogen) atoms. The molecule has 62 valence electrons. The van der Waals surface area contributed by atoms with E-state index in [2.05, 4.69) is 9.98 Å². The quantitative estimate of drug-likeness (QED) is 0.577. The molecule has 0 aromatic rings. The van der Waals surface area contributed by atoms with Gasteiger partial charge < -0.3 is 9.47 Å². The van der Waals surface area contributed by atoms with Crippen molar-refractivity contribution in [2.24, 2.45) is 9.98 Å². The molecule has 0 unspecified atom stereocenters. The molecule has 0 aromatic heterocycles. The number of hydrogen-bond donors (Lipinski definition) is 0. The highest BCUT2D eigenvalue weighted by molar-refractivity contribution is 5.96. The smallest absolute Gasteiger partial charge is 0.257 e. The van der Waals surface area contributed by atoms with E-state index in [0.717, 1.165) is 0 Å². The molecule has 0 aliphatic carbocycles. The molecule has 0 N–H and O–H groups in total.